The quantitative estimate of drug-likeness (QED) is 0.628. The van der Waals surface area contributed by atoms with Gasteiger partial charge < -0.3 is 9.80 Å². The number of carbonyl (C=O) groups excluding carboxylic acids is 1. The Morgan fingerprint density at radius 1 is 0.889 bits per heavy atom. The molecule has 27 heavy (non-hydrogen) atoms. The summed E-state index contributed by atoms with van der Waals surface area (Å²) in [5.74, 6) is -0.0241. The third-order valence-electron chi connectivity index (χ3n) is 4.54. The van der Waals surface area contributed by atoms with Gasteiger partial charge in [-0.2, -0.15) is 0 Å². The Bertz CT molecular complexity index is 865. The van der Waals surface area contributed by atoms with E-state index in [4.69, 9.17) is 0 Å². The predicted molar refractivity (Wildman–Crippen MR) is 110 cm³/mol. The summed E-state index contributed by atoms with van der Waals surface area (Å²) in [7, 11) is 1.82. The van der Waals surface area contributed by atoms with E-state index in [9.17, 15) is 4.79 Å². The van der Waals surface area contributed by atoms with Gasteiger partial charge in [0.05, 0.1) is 17.4 Å². The fourth-order valence-corrected chi connectivity index (χ4v) is 3.06. The normalized spacial score (nSPS) is 10.4. The van der Waals surface area contributed by atoms with Gasteiger partial charge in [-0.1, -0.05) is 60.7 Å². The second kappa shape index (κ2) is 8.99. The van der Waals surface area contributed by atoms with E-state index in [1.807, 2.05) is 67.8 Å². The van der Waals surface area contributed by atoms with Crippen LogP contribution >= 0.6 is 0 Å². The molecule has 0 N–H and O–H groups in total. The minimum absolute atomic E-state index is 0.0241. The van der Waals surface area contributed by atoms with Crippen LogP contribution in [0.2, 0.25) is 0 Å². The van der Waals surface area contributed by atoms with E-state index in [-0.39, 0.29) is 5.91 Å². The van der Waals surface area contributed by atoms with Crippen molar-refractivity contribution in [3.63, 3.8) is 0 Å². The maximum absolute atomic E-state index is 12.8. The molecule has 0 aliphatic heterocycles. The number of pyridine rings is 1. The molecule has 4 nitrogen and oxygen atoms in total. The number of anilines is 1. The number of benzene rings is 2. The van der Waals surface area contributed by atoms with Crippen molar-refractivity contribution in [3.8, 4) is 0 Å². The molecule has 0 radical (unpaired) electrons. The van der Waals surface area contributed by atoms with Crippen molar-refractivity contribution in [2.45, 2.75) is 20.0 Å². The third-order valence-corrected chi connectivity index (χ3v) is 4.54. The van der Waals surface area contributed by atoms with Gasteiger partial charge in [-0.25, -0.2) is 0 Å². The molecule has 1 aromatic heterocycles. The van der Waals surface area contributed by atoms with Gasteiger partial charge in [-0.05, 0) is 24.1 Å². The smallest absolute Gasteiger partial charge is 0.255 e. The zero-order chi connectivity index (χ0) is 19.1. The van der Waals surface area contributed by atoms with E-state index < -0.39 is 0 Å². The first-order chi connectivity index (χ1) is 13.2. The summed E-state index contributed by atoms with van der Waals surface area (Å²) in [6.07, 6.45) is 3.46. The van der Waals surface area contributed by atoms with Crippen LogP contribution in [0.4, 0.5) is 5.69 Å². The highest BCUT2D eigenvalue weighted by Crippen LogP contribution is 2.19. The highest BCUT2D eigenvalue weighted by atomic mass is 16.2. The largest absolute Gasteiger partial charge is 0.366 e. The van der Waals surface area contributed by atoms with E-state index in [0.29, 0.717) is 12.1 Å². The second-order valence-corrected chi connectivity index (χ2v) is 6.58. The molecule has 0 saturated heterocycles. The van der Waals surface area contributed by atoms with Crippen LogP contribution in [0.5, 0.6) is 0 Å². The Labute approximate surface area is 161 Å². The lowest BCUT2D eigenvalue weighted by Gasteiger charge is -2.24. The minimum Gasteiger partial charge on any atom is -0.366 e. The molecule has 0 atom stereocenters. The molecule has 4 heteroatoms. The highest BCUT2D eigenvalue weighted by Gasteiger charge is 2.15. The molecule has 138 valence electrons. The van der Waals surface area contributed by atoms with Gasteiger partial charge in [0, 0.05) is 32.9 Å². The molecule has 0 unspecified atom stereocenters. The fraction of sp³-hybridized carbons (Fsp3) is 0.217. The van der Waals surface area contributed by atoms with E-state index in [1.54, 1.807) is 11.1 Å². The van der Waals surface area contributed by atoms with Crippen molar-refractivity contribution in [1.82, 2.24) is 9.88 Å². The van der Waals surface area contributed by atoms with Gasteiger partial charge >= 0.3 is 0 Å². The standard InChI is InChI=1S/C23H25N3O/c1-3-26(18-20-12-8-5-9-13-20)22-14-21(15-24-16-22)23(27)25(2)17-19-10-6-4-7-11-19/h4-16H,3,17-18H2,1-2H3. The minimum atomic E-state index is -0.0241. The van der Waals surface area contributed by atoms with Gasteiger partial charge in [0.25, 0.3) is 5.91 Å². The Morgan fingerprint density at radius 2 is 1.48 bits per heavy atom. The maximum Gasteiger partial charge on any atom is 0.255 e. The summed E-state index contributed by atoms with van der Waals surface area (Å²) in [5.41, 5.74) is 3.91. The van der Waals surface area contributed by atoms with Crippen molar-refractivity contribution in [1.29, 1.82) is 0 Å². The molecule has 0 fully saturated rings. The van der Waals surface area contributed by atoms with Crippen LogP contribution < -0.4 is 4.90 Å². The maximum atomic E-state index is 12.8. The van der Waals surface area contributed by atoms with E-state index >= 15 is 0 Å². The second-order valence-electron chi connectivity index (χ2n) is 6.58. The van der Waals surface area contributed by atoms with E-state index in [0.717, 1.165) is 24.3 Å². The van der Waals surface area contributed by atoms with Crippen LogP contribution in [0.25, 0.3) is 0 Å². The Kier molecular flexibility index (Phi) is 6.21. The average Bonchev–Trinajstić information content (AvgIpc) is 2.73. The Morgan fingerprint density at radius 3 is 2.07 bits per heavy atom. The third kappa shape index (κ3) is 4.94. The zero-order valence-electron chi connectivity index (χ0n) is 15.9. The van der Waals surface area contributed by atoms with Crippen LogP contribution in [-0.4, -0.2) is 29.4 Å². The highest BCUT2D eigenvalue weighted by molar-refractivity contribution is 5.94. The molecule has 0 aliphatic rings. The zero-order valence-corrected chi connectivity index (χ0v) is 15.9. The first-order valence-corrected chi connectivity index (χ1v) is 9.20. The lowest BCUT2D eigenvalue weighted by atomic mass is 10.1. The van der Waals surface area contributed by atoms with Gasteiger partial charge in [0.1, 0.15) is 0 Å². The van der Waals surface area contributed by atoms with Gasteiger partial charge in [0.2, 0.25) is 0 Å². The molecule has 1 heterocycles. The monoisotopic (exact) mass is 359 g/mol. The molecule has 0 spiro atoms. The molecule has 2 aromatic carbocycles. The van der Waals surface area contributed by atoms with Crippen molar-refractivity contribution in [3.05, 3.63) is 95.8 Å². The molecule has 0 aliphatic carbocycles. The number of carbonyl (C=O) groups is 1. The lowest BCUT2D eigenvalue weighted by Crippen LogP contribution is -2.27. The summed E-state index contributed by atoms with van der Waals surface area (Å²) >= 11 is 0. The molecular weight excluding hydrogens is 334 g/mol. The van der Waals surface area contributed by atoms with E-state index in [1.165, 1.54) is 5.56 Å². The number of hydrogen-bond acceptors (Lipinski definition) is 3. The molecule has 0 bridgehead atoms. The predicted octanol–water partition coefficient (Wildman–Crippen LogP) is 4.38. The number of hydrogen-bond donors (Lipinski definition) is 0. The molecular formula is C23H25N3O. The van der Waals surface area contributed by atoms with Crippen LogP contribution in [0.3, 0.4) is 0 Å². The van der Waals surface area contributed by atoms with E-state index in [2.05, 4.69) is 28.9 Å². The van der Waals surface area contributed by atoms with Crippen molar-refractivity contribution >= 4 is 11.6 Å². The van der Waals surface area contributed by atoms with Gasteiger partial charge in [-0.15, -0.1) is 0 Å². The summed E-state index contributed by atoms with van der Waals surface area (Å²) < 4.78 is 0. The average molecular weight is 359 g/mol. The summed E-state index contributed by atoms with van der Waals surface area (Å²) in [4.78, 5) is 21.1. The van der Waals surface area contributed by atoms with Crippen molar-refractivity contribution in [2.75, 3.05) is 18.5 Å². The fourth-order valence-electron chi connectivity index (χ4n) is 3.06. The van der Waals surface area contributed by atoms with Crippen molar-refractivity contribution in [2.24, 2.45) is 0 Å². The molecule has 0 saturated carbocycles. The van der Waals surface area contributed by atoms with Crippen LogP contribution in [0, 0.1) is 0 Å². The molecule has 3 aromatic rings. The number of amides is 1. The summed E-state index contributed by atoms with van der Waals surface area (Å²) in [5, 5.41) is 0. The van der Waals surface area contributed by atoms with Gasteiger partial charge in [-0.3, -0.25) is 9.78 Å². The van der Waals surface area contributed by atoms with Gasteiger partial charge in [0.15, 0.2) is 0 Å². The molecule has 1 amide bonds. The lowest BCUT2D eigenvalue weighted by molar-refractivity contribution is 0.0784. The van der Waals surface area contributed by atoms with Crippen LogP contribution in [-0.2, 0) is 13.1 Å². The Balaban J connectivity index is 1.74. The molecule has 3 rings (SSSR count). The summed E-state index contributed by atoms with van der Waals surface area (Å²) in [6.45, 7) is 4.31. The number of aromatic nitrogens is 1. The number of nitrogens with zero attached hydrogens (tertiary/aromatic N) is 3. The topological polar surface area (TPSA) is 36.4 Å². The first kappa shape index (κ1) is 18.6. The SMILES string of the molecule is CCN(Cc1ccccc1)c1cncc(C(=O)N(C)Cc2ccccc2)c1. The first-order valence-electron chi connectivity index (χ1n) is 9.20. The Hall–Kier alpha value is -3.14. The summed E-state index contributed by atoms with van der Waals surface area (Å²) in [6, 6.07) is 22.2. The number of rotatable bonds is 7. The van der Waals surface area contributed by atoms with Crippen molar-refractivity contribution < 1.29 is 4.79 Å². The van der Waals surface area contributed by atoms with Crippen LogP contribution in [0.15, 0.2) is 79.1 Å². The van der Waals surface area contributed by atoms with Crippen LogP contribution in [0.1, 0.15) is 28.4 Å².